The van der Waals surface area contributed by atoms with Crippen LogP contribution in [0.4, 0.5) is 4.79 Å². The molecule has 0 aromatic carbocycles. The van der Waals surface area contributed by atoms with E-state index in [1.807, 2.05) is 37.1 Å². The lowest BCUT2D eigenvalue weighted by atomic mass is 10.0. The Kier molecular flexibility index (Phi) is 5.39. The van der Waals surface area contributed by atoms with E-state index in [1.165, 1.54) is 4.90 Å². The maximum atomic E-state index is 11.6. The molecule has 3 aromatic heterocycles. The highest BCUT2D eigenvalue weighted by Gasteiger charge is 2.29. The maximum Gasteiger partial charge on any atom is 0.407 e. The number of hydrogen-bond acceptors (Lipinski definition) is 6. The van der Waals surface area contributed by atoms with E-state index in [0.717, 1.165) is 29.3 Å². The van der Waals surface area contributed by atoms with Crippen molar-refractivity contribution < 1.29 is 19.4 Å². The molecule has 2 atom stereocenters. The second-order valence-corrected chi connectivity index (χ2v) is 8.85. The molecule has 3 aromatic rings. The van der Waals surface area contributed by atoms with Gasteiger partial charge in [0.2, 0.25) is 11.8 Å². The number of hydrogen-bond donors (Lipinski definition) is 2. The summed E-state index contributed by atoms with van der Waals surface area (Å²) in [5, 5.41) is 21.9. The number of likely N-dealkylation sites (tertiary alicyclic amines) is 1. The van der Waals surface area contributed by atoms with Crippen LogP contribution >= 0.6 is 0 Å². The number of carboxylic acid groups (broad SMARTS) is 1. The molecule has 11 nitrogen and oxygen atoms in total. The Morgan fingerprint density at radius 3 is 2.79 bits per heavy atom. The lowest BCUT2D eigenvalue weighted by Crippen LogP contribution is -2.38. The monoisotopic (exact) mass is 453 g/mol. The van der Waals surface area contributed by atoms with Crippen LogP contribution in [0.25, 0.3) is 22.2 Å². The molecule has 0 unspecified atom stereocenters. The van der Waals surface area contributed by atoms with Crippen LogP contribution in [-0.2, 0) is 11.8 Å². The van der Waals surface area contributed by atoms with Gasteiger partial charge in [-0.2, -0.15) is 10.2 Å². The van der Waals surface area contributed by atoms with Crippen molar-refractivity contribution >= 4 is 22.9 Å². The first-order valence-electron chi connectivity index (χ1n) is 11.2. The second kappa shape index (κ2) is 8.38. The standard InChI is InChI=1S/C22H27N7O4/c1-13(14-7-20(30)23-9-14)33-21-17-12-27(2)26-19(17)8-18(25-21)15-10-24-29(11-15)16-3-5-28(6-4-16)22(31)32/h8,10-14,16H,3-7,9H2,1-2H3,(H,23,30)(H,31,32)/t13-,14-/m1/s1. The number of pyridine rings is 1. The first kappa shape index (κ1) is 21.2. The molecule has 0 aliphatic carbocycles. The number of aryl methyl sites for hydroxylation is 1. The summed E-state index contributed by atoms with van der Waals surface area (Å²) in [6.07, 6.45) is 6.44. The van der Waals surface area contributed by atoms with E-state index < -0.39 is 6.09 Å². The first-order valence-corrected chi connectivity index (χ1v) is 11.2. The van der Waals surface area contributed by atoms with Crippen LogP contribution in [0.2, 0.25) is 0 Å². The fourth-order valence-corrected chi connectivity index (χ4v) is 4.57. The number of aromatic nitrogens is 5. The summed E-state index contributed by atoms with van der Waals surface area (Å²) in [5.74, 6) is 0.629. The molecule has 2 aliphatic rings. The second-order valence-electron chi connectivity index (χ2n) is 8.85. The summed E-state index contributed by atoms with van der Waals surface area (Å²) in [7, 11) is 1.86. The van der Waals surface area contributed by atoms with Gasteiger partial charge in [0.25, 0.3) is 0 Å². The minimum absolute atomic E-state index is 0.0466. The molecule has 2 fully saturated rings. The lowest BCUT2D eigenvalue weighted by molar-refractivity contribution is -0.119. The molecular weight excluding hydrogens is 426 g/mol. The van der Waals surface area contributed by atoms with Gasteiger partial charge in [0.05, 0.1) is 28.8 Å². The molecule has 2 aliphatic heterocycles. The van der Waals surface area contributed by atoms with Crippen molar-refractivity contribution in [1.29, 1.82) is 0 Å². The summed E-state index contributed by atoms with van der Waals surface area (Å²) in [6.45, 7) is 3.57. The Morgan fingerprint density at radius 2 is 2.09 bits per heavy atom. The van der Waals surface area contributed by atoms with Crippen molar-refractivity contribution in [2.45, 2.75) is 38.3 Å². The van der Waals surface area contributed by atoms with E-state index in [9.17, 15) is 9.59 Å². The van der Waals surface area contributed by atoms with Crippen molar-refractivity contribution in [1.82, 2.24) is 34.8 Å². The van der Waals surface area contributed by atoms with Gasteiger partial charge in [0.15, 0.2) is 0 Å². The van der Waals surface area contributed by atoms with E-state index in [2.05, 4.69) is 15.5 Å². The third-order valence-electron chi connectivity index (χ3n) is 6.56. The molecule has 5 rings (SSSR count). The molecule has 11 heteroatoms. The Bertz CT molecular complexity index is 1190. The highest BCUT2D eigenvalue weighted by Crippen LogP contribution is 2.31. The van der Waals surface area contributed by atoms with Crippen LogP contribution in [0.15, 0.2) is 24.7 Å². The first-order chi connectivity index (χ1) is 15.9. The largest absolute Gasteiger partial charge is 0.474 e. The Hall–Kier alpha value is -3.63. The van der Waals surface area contributed by atoms with Crippen molar-refractivity contribution in [3.63, 3.8) is 0 Å². The number of fused-ring (bicyclic) bond motifs is 1. The van der Waals surface area contributed by atoms with E-state index in [4.69, 9.17) is 14.8 Å². The summed E-state index contributed by atoms with van der Waals surface area (Å²) in [4.78, 5) is 29.0. The number of amides is 2. The fraction of sp³-hybridized carbons (Fsp3) is 0.500. The van der Waals surface area contributed by atoms with Crippen molar-refractivity contribution in [2.75, 3.05) is 19.6 Å². The Balaban J connectivity index is 1.40. The van der Waals surface area contributed by atoms with Crippen LogP contribution in [0.5, 0.6) is 5.88 Å². The quantitative estimate of drug-likeness (QED) is 0.605. The number of rotatable bonds is 5. The molecule has 33 heavy (non-hydrogen) atoms. The number of piperidine rings is 1. The fourth-order valence-electron chi connectivity index (χ4n) is 4.57. The average molecular weight is 454 g/mol. The van der Waals surface area contributed by atoms with Gasteiger partial charge in [0.1, 0.15) is 6.10 Å². The van der Waals surface area contributed by atoms with Gasteiger partial charge < -0.3 is 20.1 Å². The van der Waals surface area contributed by atoms with Gasteiger partial charge in [0, 0.05) is 57.0 Å². The van der Waals surface area contributed by atoms with Crippen LogP contribution < -0.4 is 10.1 Å². The van der Waals surface area contributed by atoms with Gasteiger partial charge in [-0.3, -0.25) is 14.2 Å². The van der Waals surface area contributed by atoms with Gasteiger partial charge in [-0.15, -0.1) is 0 Å². The predicted octanol–water partition coefficient (Wildman–Crippen LogP) is 2.05. The van der Waals surface area contributed by atoms with E-state index in [-0.39, 0.29) is 24.0 Å². The minimum atomic E-state index is -0.873. The van der Waals surface area contributed by atoms with Crippen LogP contribution in [-0.4, -0.2) is 72.3 Å². The zero-order valence-electron chi connectivity index (χ0n) is 18.6. The van der Waals surface area contributed by atoms with Gasteiger partial charge in [-0.25, -0.2) is 9.78 Å². The normalized spacial score (nSPS) is 20.2. The molecule has 0 bridgehead atoms. The molecule has 174 valence electrons. The molecular formula is C22H27N7O4. The highest BCUT2D eigenvalue weighted by atomic mass is 16.5. The van der Waals surface area contributed by atoms with Crippen molar-refractivity contribution in [2.24, 2.45) is 13.0 Å². The Morgan fingerprint density at radius 1 is 1.30 bits per heavy atom. The SMILES string of the molecule is C[C@@H](Oc1nc(-c2cnn(C3CCN(C(=O)O)CC3)c2)cc2nn(C)cc12)[C@H]1CNC(=O)C1. The van der Waals surface area contributed by atoms with Gasteiger partial charge in [-0.05, 0) is 25.8 Å². The zero-order valence-corrected chi connectivity index (χ0v) is 18.6. The zero-order chi connectivity index (χ0) is 23.1. The van der Waals surface area contributed by atoms with Crippen molar-refractivity contribution in [3.05, 3.63) is 24.7 Å². The Labute approximate surface area is 190 Å². The van der Waals surface area contributed by atoms with Crippen LogP contribution in [0.3, 0.4) is 0 Å². The predicted molar refractivity (Wildman–Crippen MR) is 119 cm³/mol. The molecule has 2 saturated heterocycles. The molecule has 0 saturated carbocycles. The summed E-state index contributed by atoms with van der Waals surface area (Å²) >= 11 is 0. The van der Waals surface area contributed by atoms with Gasteiger partial charge in [-0.1, -0.05) is 0 Å². The summed E-state index contributed by atoms with van der Waals surface area (Å²) < 4.78 is 9.88. The molecule has 2 N–H and O–H groups in total. The van der Waals surface area contributed by atoms with Crippen LogP contribution in [0, 0.1) is 5.92 Å². The number of carbonyl (C=O) groups is 2. The number of nitrogens with one attached hydrogen (secondary N) is 1. The highest BCUT2D eigenvalue weighted by molar-refractivity contribution is 5.86. The van der Waals surface area contributed by atoms with E-state index in [0.29, 0.717) is 37.6 Å². The summed E-state index contributed by atoms with van der Waals surface area (Å²) in [5.41, 5.74) is 2.32. The minimum Gasteiger partial charge on any atom is -0.474 e. The lowest BCUT2D eigenvalue weighted by Gasteiger charge is -2.30. The average Bonchev–Trinajstić information content (AvgIpc) is 3.52. The molecule has 0 radical (unpaired) electrons. The topological polar surface area (TPSA) is 127 Å². The molecule has 2 amide bonds. The third kappa shape index (κ3) is 4.22. The smallest absolute Gasteiger partial charge is 0.407 e. The van der Waals surface area contributed by atoms with E-state index in [1.54, 1.807) is 10.9 Å². The molecule has 5 heterocycles. The number of carbonyl (C=O) groups excluding carboxylic acids is 1. The molecule has 0 spiro atoms. The third-order valence-corrected chi connectivity index (χ3v) is 6.56. The number of ether oxygens (including phenoxy) is 1. The number of nitrogens with zero attached hydrogens (tertiary/aromatic N) is 6. The van der Waals surface area contributed by atoms with Gasteiger partial charge >= 0.3 is 6.09 Å². The van der Waals surface area contributed by atoms with Crippen LogP contribution in [0.1, 0.15) is 32.2 Å². The van der Waals surface area contributed by atoms with E-state index >= 15 is 0 Å². The summed E-state index contributed by atoms with van der Waals surface area (Å²) in [6, 6.07) is 2.07. The maximum absolute atomic E-state index is 11.6. The van der Waals surface area contributed by atoms with Crippen molar-refractivity contribution in [3.8, 4) is 17.1 Å².